The van der Waals surface area contributed by atoms with E-state index in [0.717, 1.165) is 22.5 Å². The van der Waals surface area contributed by atoms with E-state index < -0.39 is 6.04 Å². The van der Waals surface area contributed by atoms with Crippen molar-refractivity contribution in [3.05, 3.63) is 58.6 Å². The molecule has 2 aromatic carbocycles. The van der Waals surface area contributed by atoms with Gasteiger partial charge in [-0.25, -0.2) is 0 Å². The van der Waals surface area contributed by atoms with E-state index in [1.54, 1.807) is 18.2 Å². The summed E-state index contributed by atoms with van der Waals surface area (Å²) in [5, 5.41) is 15.9. The van der Waals surface area contributed by atoms with E-state index in [2.05, 4.69) is 10.6 Å². The van der Waals surface area contributed by atoms with Gasteiger partial charge in [0.15, 0.2) is 0 Å². The van der Waals surface area contributed by atoms with Gasteiger partial charge in [0.25, 0.3) is 5.91 Å². The zero-order valence-corrected chi connectivity index (χ0v) is 11.3. The van der Waals surface area contributed by atoms with Gasteiger partial charge >= 0.3 is 0 Å². The Morgan fingerprint density at radius 2 is 2.05 bits per heavy atom. The standard InChI is InChI=1S/C15H13ClN2O2/c16-10-5-6-13-11(7-10)14(15(20)18-13)17-12-4-2-1-3-9(12)8-19/h1-7,14,17,19H,8H2,(H,18,20). The van der Waals surface area contributed by atoms with Crippen LogP contribution < -0.4 is 10.6 Å². The van der Waals surface area contributed by atoms with Gasteiger partial charge in [-0.3, -0.25) is 4.79 Å². The number of fused-ring (bicyclic) bond motifs is 1. The molecule has 0 saturated carbocycles. The largest absolute Gasteiger partial charge is 0.392 e. The Balaban J connectivity index is 1.96. The van der Waals surface area contributed by atoms with Crippen LogP contribution in [0.2, 0.25) is 5.02 Å². The summed E-state index contributed by atoms with van der Waals surface area (Å²) in [7, 11) is 0. The summed E-state index contributed by atoms with van der Waals surface area (Å²) in [5.74, 6) is -0.130. The Labute approximate surface area is 121 Å². The van der Waals surface area contributed by atoms with Crippen LogP contribution in [0.1, 0.15) is 17.2 Å². The Bertz CT molecular complexity index is 673. The molecule has 0 fully saturated rings. The average molecular weight is 289 g/mol. The molecule has 102 valence electrons. The van der Waals surface area contributed by atoms with Gasteiger partial charge < -0.3 is 15.7 Å². The molecule has 0 saturated heterocycles. The lowest BCUT2D eigenvalue weighted by Gasteiger charge is -2.15. The molecule has 0 bridgehead atoms. The average Bonchev–Trinajstić information content (AvgIpc) is 2.76. The molecule has 1 aliphatic rings. The van der Waals surface area contributed by atoms with E-state index in [0.29, 0.717) is 5.02 Å². The molecule has 1 amide bonds. The molecule has 2 aromatic rings. The lowest BCUT2D eigenvalue weighted by Crippen LogP contribution is -2.20. The van der Waals surface area contributed by atoms with Crippen LogP contribution in [-0.4, -0.2) is 11.0 Å². The number of aliphatic hydroxyl groups excluding tert-OH is 1. The molecule has 0 spiro atoms. The maximum atomic E-state index is 12.1. The number of rotatable bonds is 3. The van der Waals surface area contributed by atoms with Crippen molar-refractivity contribution in [2.75, 3.05) is 10.6 Å². The summed E-state index contributed by atoms with van der Waals surface area (Å²) < 4.78 is 0. The predicted octanol–water partition coefficient (Wildman–Crippen LogP) is 2.94. The number of aliphatic hydroxyl groups is 1. The molecule has 0 radical (unpaired) electrons. The molecule has 0 aliphatic carbocycles. The summed E-state index contributed by atoms with van der Waals surface area (Å²) in [6, 6.07) is 12.1. The molecule has 1 unspecified atom stereocenters. The van der Waals surface area contributed by atoms with Crippen molar-refractivity contribution in [3.63, 3.8) is 0 Å². The van der Waals surface area contributed by atoms with Crippen LogP contribution in [0.5, 0.6) is 0 Å². The second-order valence-electron chi connectivity index (χ2n) is 4.61. The molecule has 3 rings (SSSR count). The quantitative estimate of drug-likeness (QED) is 0.814. The molecule has 1 aliphatic heterocycles. The highest BCUT2D eigenvalue weighted by atomic mass is 35.5. The molecular formula is C15H13ClN2O2. The number of para-hydroxylation sites is 1. The summed E-state index contributed by atoms with van der Waals surface area (Å²) in [4.78, 5) is 12.1. The molecule has 3 N–H and O–H groups in total. The van der Waals surface area contributed by atoms with E-state index in [4.69, 9.17) is 11.6 Å². The number of anilines is 2. The number of hydrogen-bond acceptors (Lipinski definition) is 3. The number of carbonyl (C=O) groups is 1. The van der Waals surface area contributed by atoms with Crippen LogP contribution in [0.25, 0.3) is 0 Å². The third-order valence-electron chi connectivity index (χ3n) is 3.33. The number of hydrogen-bond donors (Lipinski definition) is 3. The second kappa shape index (κ2) is 5.15. The highest BCUT2D eigenvalue weighted by Crippen LogP contribution is 2.35. The fraction of sp³-hybridized carbons (Fsp3) is 0.133. The Hall–Kier alpha value is -2.04. The van der Waals surface area contributed by atoms with Gasteiger partial charge in [-0.1, -0.05) is 29.8 Å². The van der Waals surface area contributed by atoms with Crippen molar-refractivity contribution < 1.29 is 9.90 Å². The van der Waals surface area contributed by atoms with Gasteiger partial charge in [-0.2, -0.15) is 0 Å². The van der Waals surface area contributed by atoms with Crippen LogP contribution in [0.3, 0.4) is 0 Å². The monoisotopic (exact) mass is 288 g/mol. The number of carbonyl (C=O) groups excluding carboxylic acids is 1. The van der Waals surface area contributed by atoms with Crippen molar-refractivity contribution in [1.29, 1.82) is 0 Å². The molecule has 0 aromatic heterocycles. The van der Waals surface area contributed by atoms with E-state index >= 15 is 0 Å². The normalized spacial score (nSPS) is 16.7. The lowest BCUT2D eigenvalue weighted by molar-refractivity contribution is -0.116. The number of nitrogens with one attached hydrogen (secondary N) is 2. The molecule has 1 atom stereocenters. The fourth-order valence-electron chi connectivity index (χ4n) is 2.33. The third-order valence-corrected chi connectivity index (χ3v) is 3.57. The van der Waals surface area contributed by atoms with Crippen molar-refractivity contribution in [2.45, 2.75) is 12.6 Å². The van der Waals surface area contributed by atoms with E-state index in [1.165, 1.54) is 0 Å². The molecule has 4 nitrogen and oxygen atoms in total. The number of halogens is 1. The smallest absolute Gasteiger partial charge is 0.251 e. The lowest BCUT2D eigenvalue weighted by atomic mass is 10.1. The highest BCUT2D eigenvalue weighted by Gasteiger charge is 2.30. The van der Waals surface area contributed by atoms with Gasteiger partial charge in [0, 0.05) is 27.5 Å². The minimum atomic E-state index is -0.503. The minimum Gasteiger partial charge on any atom is -0.392 e. The van der Waals surface area contributed by atoms with Gasteiger partial charge in [0.05, 0.1) is 6.61 Å². The highest BCUT2D eigenvalue weighted by molar-refractivity contribution is 6.31. The first-order chi connectivity index (χ1) is 9.69. The van der Waals surface area contributed by atoms with Crippen LogP contribution in [0.15, 0.2) is 42.5 Å². The van der Waals surface area contributed by atoms with Gasteiger partial charge in [-0.15, -0.1) is 0 Å². The second-order valence-corrected chi connectivity index (χ2v) is 5.05. The predicted molar refractivity (Wildman–Crippen MR) is 78.8 cm³/mol. The Kier molecular flexibility index (Phi) is 3.34. The fourth-order valence-corrected chi connectivity index (χ4v) is 2.51. The zero-order valence-electron chi connectivity index (χ0n) is 10.6. The topological polar surface area (TPSA) is 61.4 Å². The van der Waals surface area contributed by atoms with Crippen LogP contribution in [-0.2, 0) is 11.4 Å². The van der Waals surface area contributed by atoms with Crippen molar-refractivity contribution in [1.82, 2.24) is 0 Å². The first-order valence-corrected chi connectivity index (χ1v) is 6.62. The van der Waals surface area contributed by atoms with Crippen molar-refractivity contribution in [2.24, 2.45) is 0 Å². The number of amides is 1. The van der Waals surface area contributed by atoms with Crippen LogP contribution in [0.4, 0.5) is 11.4 Å². The summed E-state index contributed by atoms with van der Waals surface area (Å²) in [5.41, 5.74) is 3.06. The molecule has 1 heterocycles. The van der Waals surface area contributed by atoms with Crippen molar-refractivity contribution >= 4 is 28.9 Å². The van der Waals surface area contributed by atoms with E-state index in [9.17, 15) is 9.90 Å². The zero-order chi connectivity index (χ0) is 14.1. The van der Waals surface area contributed by atoms with Crippen LogP contribution in [0, 0.1) is 0 Å². The summed E-state index contributed by atoms with van der Waals surface area (Å²) in [6.45, 7) is -0.0834. The summed E-state index contributed by atoms with van der Waals surface area (Å²) in [6.07, 6.45) is 0. The first kappa shape index (κ1) is 13.0. The number of benzene rings is 2. The third kappa shape index (κ3) is 2.24. The molecule has 20 heavy (non-hydrogen) atoms. The maximum Gasteiger partial charge on any atom is 0.251 e. The van der Waals surface area contributed by atoms with E-state index in [-0.39, 0.29) is 12.5 Å². The van der Waals surface area contributed by atoms with E-state index in [1.807, 2.05) is 24.3 Å². The Morgan fingerprint density at radius 1 is 1.25 bits per heavy atom. The van der Waals surface area contributed by atoms with Gasteiger partial charge in [0.1, 0.15) is 6.04 Å². The minimum absolute atomic E-state index is 0.0834. The maximum absolute atomic E-state index is 12.1. The van der Waals surface area contributed by atoms with Crippen LogP contribution >= 0.6 is 11.6 Å². The van der Waals surface area contributed by atoms with Gasteiger partial charge in [-0.05, 0) is 24.3 Å². The van der Waals surface area contributed by atoms with Gasteiger partial charge in [0.2, 0.25) is 0 Å². The Morgan fingerprint density at radius 3 is 2.85 bits per heavy atom. The summed E-state index contributed by atoms with van der Waals surface area (Å²) >= 11 is 5.99. The SMILES string of the molecule is O=C1Nc2ccc(Cl)cc2C1Nc1ccccc1CO. The van der Waals surface area contributed by atoms with Crippen molar-refractivity contribution in [3.8, 4) is 0 Å². The molecular weight excluding hydrogens is 276 g/mol. The first-order valence-electron chi connectivity index (χ1n) is 6.24. The molecule has 5 heteroatoms.